The summed E-state index contributed by atoms with van der Waals surface area (Å²) in [7, 11) is 0. The third-order valence-electron chi connectivity index (χ3n) is 3.30. The molecule has 0 spiro atoms. The molecule has 0 aliphatic rings. The smallest absolute Gasteiger partial charge is 0.316 e. The van der Waals surface area contributed by atoms with E-state index in [1.54, 1.807) is 18.2 Å². The van der Waals surface area contributed by atoms with Crippen molar-refractivity contribution in [2.45, 2.75) is 32.0 Å². The highest BCUT2D eigenvalue weighted by Gasteiger charge is 2.38. The number of fused-ring (bicyclic) bond motifs is 1. The second-order valence-electron chi connectivity index (χ2n) is 4.96. The molecule has 2 N–H and O–H groups in total. The maximum Gasteiger partial charge on any atom is 0.407 e. The quantitative estimate of drug-likeness (QED) is 0.850. The van der Waals surface area contributed by atoms with Crippen molar-refractivity contribution in [3.05, 3.63) is 47.5 Å². The van der Waals surface area contributed by atoms with Gasteiger partial charge in [0.1, 0.15) is 6.04 Å². The van der Waals surface area contributed by atoms with E-state index in [0.717, 1.165) is 10.9 Å². The van der Waals surface area contributed by atoms with Crippen LogP contribution in [0.2, 0.25) is 0 Å². The van der Waals surface area contributed by atoms with E-state index >= 15 is 0 Å². The first-order valence-electron chi connectivity index (χ1n) is 6.16. The molecule has 4 heteroatoms. The van der Waals surface area contributed by atoms with Crippen molar-refractivity contribution in [3.8, 4) is 0 Å². The van der Waals surface area contributed by atoms with Gasteiger partial charge in [0.2, 0.25) is 0 Å². The number of rotatable bonds is 2. The monoisotopic (exact) mass is 267 g/mol. The van der Waals surface area contributed by atoms with Crippen LogP contribution in [0.4, 0.5) is 13.2 Å². The summed E-state index contributed by atoms with van der Waals surface area (Å²) in [6, 6.07) is 8.40. The van der Waals surface area contributed by atoms with E-state index in [9.17, 15) is 13.2 Å². The Morgan fingerprint density at radius 1 is 0.895 bits per heavy atom. The summed E-state index contributed by atoms with van der Waals surface area (Å²) in [5, 5.41) is 1.42. The Labute approximate surface area is 110 Å². The number of benzene rings is 2. The van der Waals surface area contributed by atoms with E-state index in [4.69, 9.17) is 5.73 Å². The van der Waals surface area contributed by atoms with Crippen LogP contribution in [0.25, 0.3) is 10.8 Å². The van der Waals surface area contributed by atoms with Crippen LogP contribution in [0.1, 0.15) is 36.9 Å². The maximum absolute atomic E-state index is 12.8. The second kappa shape index (κ2) is 4.85. The molecule has 0 amide bonds. The van der Waals surface area contributed by atoms with E-state index in [1.165, 1.54) is 6.07 Å². The zero-order chi connectivity index (χ0) is 14.2. The van der Waals surface area contributed by atoms with Gasteiger partial charge in [-0.15, -0.1) is 0 Å². The lowest BCUT2D eigenvalue weighted by molar-refractivity contribution is -0.148. The normalized spacial score (nSPS) is 14.1. The SMILES string of the molecule is CC(C)c1ccc([C@H](N)C(F)(F)F)c2ccccc12. The number of hydrogen-bond acceptors (Lipinski definition) is 1. The first kappa shape index (κ1) is 13.9. The lowest BCUT2D eigenvalue weighted by Gasteiger charge is -2.20. The van der Waals surface area contributed by atoms with Gasteiger partial charge in [0.05, 0.1) is 0 Å². The van der Waals surface area contributed by atoms with Crippen LogP contribution < -0.4 is 5.73 Å². The Balaban J connectivity index is 2.69. The molecule has 0 aliphatic heterocycles. The molecule has 1 nitrogen and oxygen atoms in total. The first-order valence-corrected chi connectivity index (χ1v) is 6.16. The van der Waals surface area contributed by atoms with Gasteiger partial charge >= 0.3 is 6.18 Å². The van der Waals surface area contributed by atoms with Gasteiger partial charge in [-0.2, -0.15) is 13.2 Å². The second-order valence-corrected chi connectivity index (χ2v) is 4.96. The van der Waals surface area contributed by atoms with Gasteiger partial charge in [0.25, 0.3) is 0 Å². The molecule has 19 heavy (non-hydrogen) atoms. The van der Waals surface area contributed by atoms with Crippen molar-refractivity contribution in [3.63, 3.8) is 0 Å². The molecular weight excluding hydrogens is 251 g/mol. The lowest BCUT2D eigenvalue weighted by Crippen LogP contribution is -2.28. The predicted octanol–water partition coefficient (Wildman–Crippen LogP) is 4.53. The summed E-state index contributed by atoms with van der Waals surface area (Å²) in [6.45, 7) is 4.04. The molecule has 0 saturated heterocycles. The van der Waals surface area contributed by atoms with Gasteiger partial charge in [-0.25, -0.2) is 0 Å². The van der Waals surface area contributed by atoms with Gasteiger partial charge in [-0.3, -0.25) is 0 Å². The largest absolute Gasteiger partial charge is 0.407 e. The number of hydrogen-bond donors (Lipinski definition) is 1. The predicted molar refractivity (Wildman–Crippen MR) is 71.0 cm³/mol. The molecule has 0 aromatic heterocycles. The topological polar surface area (TPSA) is 26.0 Å². The Bertz CT molecular complexity index is 587. The highest BCUT2D eigenvalue weighted by atomic mass is 19.4. The minimum Gasteiger partial charge on any atom is -0.316 e. The molecule has 0 unspecified atom stereocenters. The van der Waals surface area contributed by atoms with Crippen LogP contribution in [0.5, 0.6) is 0 Å². The van der Waals surface area contributed by atoms with Gasteiger partial charge in [-0.05, 0) is 27.8 Å². The van der Waals surface area contributed by atoms with E-state index in [-0.39, 0.29) is 11.5 Å². The van der Waals surface area contributed by atoms with Crippen molar-refractivity contribution >= 4 is 10.8 Å². The van der Waals surface area contributed by atoms with Gasteiger partial charge in [0.15, 0.2) is 0 Å². The third kappa shape index (κ3) is 2.59. The minimum atomic E-state index is -4.43. The third-order valence-corrected chi connectivity index (χ3v) is 3.30. The molecule has 102 valence electrons. The highest BCUT2D eigenvalue weighted by molar-refractivity contribution is 5.89. The van der Waals surface area contributed by atoms with Crippen LogP contribution in [0.3, 0.4) is 0 Å². The van der Waals surface area contributed by atoms with E-state index in [2.05, 4.69) is 0 Å². The van der Waals surface area contributed by atoms with Crippen molar-refractivity contribution < 1.29 is 13.2 Å². The summed E-state index contributed by atoms with van der Waals surface area (Å²) in [6.07, 6.45) is -4.43. The molecule has 1 atom stereocenters. The summed E-state index contributed by atoms with van der Waals surface area (Å²) in [5.41, 5.74) is 6.51. The van der Waals surface area contributed by atoms with Gasteiger partial charge in [0, 0.05) is 0 Å². The number of halogens is 3. The van der Waals surface area contributed by atoms with Crippen LogP contribution in [-0.4, -0.2) is 6.18 Å². The maximum atomic E-state index is 12.8. The summed E-state index contributed by atoms with van der Waals surface area (Å²) in [5.74, 6) is 0.251. The Morgan fingerprint density at radius 2 is 1.37 bits per heavy atom. The van der Waals surface area contributed by atoms with Crippen LogP contribution >= 0.6 is 0 Å². The molecule has 0 heterocycles. The van der Waals surface area contributed by atoms with Crippen molar-refractivity contribution in [1.29, 1.82) is 0 Å². The molecule has 2 aromatic rings. The molecule has 0 radical (unpaired) electrons. The summed E-state index contributed by atoms with van der Waals surface area (Å²) >= 11 is 0. The molecule has 0 bridgehead atoms. The number of nitrogens with two attached hydrogens (primary N) is 1. The molecule has 0 fully saturated rings. The fourth-order valence-electron chi connectivity index (χ4n) is 2.30. The van der Waals surface area contributed by atoms with Crippen molar-refractivity contribution in [2.75, 3.05) is 0 Å². The number of alkyl halides is 3. The summed E-state index contributed by atoms with van der Waals surface area (Å²) in [4.78, 5) is 0. The minimum absolute atomic E-state index is 0.132. The first-order chi connectivity index (χ1) is 8.82. The van der Waals surface area contributed by atoms with Crippen molar-refractivity contribution in [1.82, 2.24) is 0 Å². The van der Waals surface area contributed by atoms with Crippen LogP contribution in [0, 0.1) is 0 Å². The lowest BCUT2D eigenvalue weighted by atomic mass is 9.91. The molecule has 2 rings (SSSR count). The standard InChI is InChI=1S/C15H16F3N/c1-9(2)10-7-8-13(14(19)15(16,17)18)12-6-4-3-5-11(10)12/h3-9,14H,19H2,1-2H3/t14-/m0/s1. The van der Waals surface area contributed by atoms with E-state index in [0.29, 0.717) is 5.39 Å². The fraction of sp³-hybridized carbons (Fsp3) is 0.333. The average Bonchev–Trinajstić information content (AvgIpc) is 2.35. The molecule has 2 aromatic carbocycles. The highest BCUT2D eigenvalue weighted by Crippen LogP contribution is 2.36. The molecular formula is C15H16F3N. The van der Waals surface area contributed by atoms with E-state index < -0.39 is 12.2 Å². The van der Waals surface area contributed by atoms with Gasteiger partial charge < -0.3 is 5.73 Å². The van der Waals surface area contributed by atoms with Crippen molar-refractivity contribution in [2.24, 2.45) is 5.73 Å². The zero-order valence-electron chi connectivity index (χ0n) is 10.8. The Hall–Kier alpha value is -1.55. The van der Waals surface area contributed by atoms with Gasteiger partial charge in [-0.1, -0.05) is 50.2 Å². The zero-order valence-corrected chi connectivity index (χ0v) is 10.8. The Morgan fingerprint density at radius 3 is 1.84 bits per heavy atom. The molecule has 0 aliphatic carbocycles. The fourth-order valence-corrected chi connectivity index (χ4v) is 2.30. The Kier molecular flexibility index (Phi) is 3.54. The average molecular weight is 267 g/mol. The molecule has 0 saturated carbocycles. The summed E-state index contributed by atoms with van der Waals surface area (Å²) < 4.78 is 38.4. The van der Waals surface area contributed by atoms with Crippen LogP contribution in [0.15, 0.2) is 36.4 Å². The van der Waals surface area contributed by atoms with E-state index in [1.807, 2.05) is 26.0 Å². The van der Waals surface area contributed by atoms with Crippen LogP contribution in [-0.2, 0) is 0 Å².